The van der Waals surface area contributed by atoms with E-state index in [1.54, 1.807) is 0 Å². The molecule has 0 fully saturated rings. The molecule has 386 valence electrons. The van der Waals surface area contributed by atoms with E-state index in [2.05, 4.69) is 74.6 Å². The summed E-state index contributed by atoms with van der Waals surface area (Å²) in [5.41, 5.74) is 0. The third-order valence-electron chi connectivity index (χ3n) is 11.8. The molecule has 0 bridgehead atoms. The average molecular weight is 948 g/mol. The largest absolute Gasteiger partial charge is 0.756 e. The molecule has 66 heavy (non-hydrogen) atoms. The first kappa shape index (κ1) is 64.2. The molecular formula is C57H106NO7P. The van der Waals surface area contributed by atoms with Crippen LogP contribution in [0.15, 0.2) is 60.8 Å². The molecule has 0 N–H and O–H groups in total. The highest BCUT2D eigenvalue weighted by atomic mass is 31.2. The summed E-state index contributed by atoms with van der Waals surface area (Å²) < 4.78 is 34.8. The summed E-state index contributed by atoms with van der Waals surface area (Å²) in [6, 6.07) is 0. The molecule has 0 aliphatic heterocycles. The maximum absolute atomic E-state index is 12.8. The van der Waals surface area contributed by atoms with Crippen LogP contribution in [0.1, 0.15) is 239 Å². The van der Waals surface area contributed by atoms with Crippen LogP contribution in [0.25, 0.3) is 0 Å². The Kier molecular flexibility index (Phi) is 48.3. The molecule has 0 spiro atoms. The van der Waals surface area contributed by atoms with Gasteiger partial charge in [0.1, 0.15) is 19.3 Å². The van der Waals surface area contributed by atoms with Crippen LogP contribution in [0.5, 0.6) is 0 Å². The standard InChI is InChI=1S/C57H106NO7P/c1-6-8-10-12-14-16-18-20-22-24-26-27-28-29-30-31-32-33-35-37-39-41-43-45-47-49-52-62-54-56(55-64-66(60,61)63-53-51-58(3,4)5)65-57(59)50-48-46-44-42-40-38-36-34-25-23-21-19-17-15-13-11-9-7-2/h17-20,23-26,28-29,56H,6-16,21-22,27,30-55H2,1-5H3/b19-17-,20-18-,25-23-,26-24-,29-28-. The Morgan fingerprint density at radius 2 is 0.833 bits per heavy atom. The summed E-state index contributed by atoms with van der Waals surface area (Å²) in [5, 5.41) is 0. The van der Waals surface area contributed by atoms with Gasteiger partial charge in [0.05, 0.1) is 34.4 Å². The third kappa shape index (κ3) is 53.2. The minimum absolute atomic E-state index is 0.0221. The average Bonchev–Trinajstić information content (AvgIpc) is 3.28. The predicted octanol–water partition coefficient (Wildman–Crippen LogP) is 16.6. The van der Waals surface area contributed by atoms with Gasteiger partial charge in [0.25, 0.3) is 7.82 Å². The smallest absolute Gasteiger partial charge is 0.306 e. The van der Waals surface area contributed by atoms with Gasteiger partial charge in [-0.1, -0.05) is 209 Å². The first-order chi connectivity index (χ1) is 32.1. The Balaban J connectivity index is 4.11. The molecule has 2 atom stereocenters. The number of likely N-dealkylation sites (N-methyl/N-ethyl adjacent to an activating group) is 1. The maximum atomic E-state index is 12.8. The summed E-state index contributed by atoms with van der Waals surface area (Å²) in [5.74, 6) is -0.342. The Labute approximate surface area is 409 Å². The lowest BCUT2D eigenvalue weighted by Crippen LogP contribution is -2.37. The van der Waals surface area contributed by atoms with Crippen molar-refractivity contribution in [1.29, 1.82) is 0 Å². The highest BCUT2D eigenvalue weighted by Crippen LogP contribution is 2.38. The van der Waals surface area contributed by atoms with E-state index in [-0.39, 0.29) is 25.8 Å². The van der Waals surface area contributed by atoms with Crippen molar-refractivity contribution in [2.45, 2.75) is 245 Å². The number of phosphoric ester groups is 1. The molecule has 0 aromatic rings. The molecule has 0 amide bonds. The number of unbranched alkanes of at least 4 members (excludes halogenated alkanes) is 27. The minimum atomic E-state index is -4.54. The fraction of sp³-hybridized carbons (Fsp3) is 0.807. The van der Waals surface area contributed by atoms with Crippen molar-refractivity contribution in [2.24, 2.45) is 0 Å². The molecule has 0 aromatic heterocycles. The van der Waals surface area contributed by atoms with Gasteiger partial charge in [0, 0.05) is 13.0 Å². The number of quaternary nitrogens is 1. The molecule has 0 heterocycles. The number of hydrogen-bond acceptors (Lipinski definition) is 7. The SMILES string of the molecule is CCCCCC/C=C\C/C=C\CCCCCCCCCC(=O)OC(COCCCCCCCCCCCCC/C=C\C/C=C\C/C=C\CCCCCCC)COP(=O)([O-])OCC[N+](C)(C)C. The van der Waals surface area contributed by atoms with E-state index in [0.717, 1.165) is 57.8 Å². The monoisotopic (exact) mass is 948 g/mol. The van der Waals surface area contributed by atoms with Crippen LogP contribution >= 0.6 is 7.82 Å². The second-order valence-corrected chi connectivity index (χ2v) is 21.0. The van der Waals surface area contributed by atoms with Crippen molar-refractivity contribution in [3.63, 3.8) is 0 Å². The van der Waals surface area contributed by atoms with Crippen LogP contribution in [0.4, 0.5) is 0 Å². The van der Waals surface area contributed by atoms with Crippen LogP contribution in [0, 0.1) is 0 Å². The Morgan fingerprint density at radius 1 is 0.470 bits per heavy atom. The van der Waals surface area contributed by atoms with Gasteiger partial charge in [-0.05, 0) is 83.5 Å². The van der Waals surface area contributed by atoms with Crippen LogP contribution in [0.2, 0.25) is 0 Å². The summed E-state index contributed by atoms with van der Waals surface area (Å²) in [6.07, 6.45) is 63.9. The van der Waals surface area contributed by atoms with Crippen molar-refractivity contribution in [2.75, 3.05) is 54.1 Å². The van der Waals surface area contributed by atoms with E-state index in [9.17, 15) is 14.3 Å². The third-order valence-corrected chi connectivity index (χ3v) is 12.8. The van der Waals surface area contributed by atoms with Gasteiger partial charge in [-0.2, -0.15) is 0 Å². The first-order valence-electron chi connectivity index (χ1n) is 27.5. The second-order valence-electron chi connectivity index (χ2n) is 19.6. The summed E-state index contributed by atoms with van der Waals surface area (Å²) in [7, 11) is 1.35. The number of allylic oxidation sites excluding steroid dienone is 10. The van der Waals surface area contributed by atoms with E-state index in [4.69, 9.17) is 18.5 Å². The summed E-state index contributed by atoms with van der Waals surface area (Å²) >= 11 is 0. The predicted molar refractivity (Wildman–Crippen MR) is 282 cm³/mol. The summed E-state index contributed by atoms with van der Waals surface area (Å²) in [6.45, 7) is 5.39. The number of esters is 1. The van der Waals surface area contributed by atoms with Crippen LogP contribution < -0.4 is 4.89 Å². The van der Waals surface area contributed by atoms with Gasteiger partial charge in [-0.3, -0.25) is 9.36 Å². The highest BCUT2D eigenvalue weighted by Gasteiger charge is 2.20. The normalized spacial score (nSPS) is 14.0. The zero-order valence-electron chi connectivity index (χ0n) is 43.9. The molecule has 0 saturated carbocycles. The van der Waals surface area contributed by atoms with E-state index >= 15 is 0 Å². The molecule has 2 unspecified atom stereocenters. The van der Waals surface area contributed by atoms with Gasteiger partial charge in [0.15, 0.2) is 0 Å². The van der Waals surface area contributed by atoms with E-state index < -0.39 is 13.9 Å². The lowest BCUT2D eigenvalue weighted by Gasteiger charge is -2.28. The molecule has 0 aliphatic carbocycles. The zero-order valence-corrected chi connectivity index (χ0v) is 44.8. The molecule has 0 rings (SSSR count). The number of nitrogens with zero attached hydrogens (tertiary/aromatic N) is 1. The van der Waals surface area contributed by atoms with E-state index in [1.165, 1.54) is 161 Å². The van der Waals surface area contributed by atoms with Crippen LogP contribution in [0.3, 0.4) is 0 Å². The number of carbonyl (C=O) groups excluding carboxylic acids is 1. The minimum Gasteiger partial charge on any atom is -0.756 e. The van der Waals surface area contributed by atoms with Gasteiger partial charge in [-0.25, -0.2) is 0 Å². The van der Waals surface area contributed by atoms with Crippen LogP contribution in [-0.4, -0.2) is 70.7 Å². The molecule has 0 saturated heterocycles. The Hall–Kier alpha value is -1.80. The zero-order chi connectivity index (χ0) is 48.3. The van der Waals surface area contributed by atoms with Crippen molar-refractivity contribution in [3.8, 4) is 0 Å². The number of phosphoric acid groups is 1. The number of rotatable bonds is 51. The van der Waals surface area contributed by atoms with Crippen molar-refractivity contribution < 1.29 is 37.3 Å². The quantitative estimate of drug-likeness (QED) is 0.0197. The Bertz CT molecular complexity index is 1240. The molecule has 9 heteroatoms. The van der Waals surface area contributed by atoms with E-state index in [0.29, 0.717) is 24.1 Å². The molecular weight excluding hydrogens is 842 g/mol. The van der Waals surface area contributed by atoms with Gasteiger partial charge in [0.2, 0.25) is 0 Å². The lowest BCUT2D eigenvalue weighted by molar-refractivity contribution is -0.870. The topological polar surface area (TPSA) is 94.1 Å². The molecule has 0 aliphatic rings. The fourth-order valence-corrected chi connectivity index (χ4v) is 8.25. The molecule has 8 nitrogen and oxygen atoms in total. The Morgan fingerprint density at radius 3 is 1.26 bits per heavy atom. The van der Waals surface area contributed by atoms with Crippen LogP contribution in [-0.2, 0) is 27.9 Å². The highest BCUT2D eigenvalue weighted by molar-refractivity contribution is 7.45. The summed E-state index contributed by atoms with van der Waals surface area (Å²) in [4.78, 5) is 25.2. The number of ether oxygens (including phenoxy) is 2. The second kappa shape index (κ2) is 49.6. The molecule has 0 aromatic carbocycles. The van der Waals surface area contributed by atoms with Gasteiger partial charge < -0.3 is 27.9 Å². The maximum Gasteiger partial charge on any atom is 0.306 e. The van der Waals surface area contributed by atoms with Gasteiger partial charge in [-0.15, -0.1) is 0 Å². The van der Waals surface area contributed by atoms with E-state index in [1.807, 2.05) is 21.1 Å². The number of carbonyl (C=O) groups is 1. The first-order valence-corrected chi connectivity index (χ1v) is 29.0. The van der Waals surface area contributed by atoms with Crippen molar-refractivity contribution in [3.05, 3.63) is 60.8 Å². The lowest BCUT2D eigenvalue weighted by atomic mass is 10.1. The number of hydrogen-bond donors (Lipinski definition) is 0. The van der Waals surface area contributed by atoms with Crippen molar-refractivity contribution >= 4 is 13.8 Å². The van der Waals surface area contributed by atoms with Gasteiger partial charge >= 0.3 is 5.97 Å². The van der Waals surface area contributed by atoms with Crippen molar-refractivity contribution in [1.82, 2.24) is 0 Å². The molecule has 0 radical (unpaired) electrons. The fourth-order valence-electron chi connectivity index (χ4n) is 7.53.